The minimum absolute atomic E-state index is 0.123. The molecule has 0 atom stereocenters. The summed E-state index contributed by atoms with van der Waals surface area (Å²) in [6.07, 6.45) is 0. The van der Waals surface area contributed by atoms with Crippen LogP contribution in [0.2, 0.25) is 0 Å². The van der Waals surface area contributed by atoms with Gasteiger partial charge in [-0.15, -0.1) is 0 Å². The highest BCUT2D eigenvalue weighted by Gasteiger charge is 2.14. The molecule has 1 amide bonds. The summed E-state index contributed by atoms with van der Waals surface area (Å²) in [5, 5.41) is 2.68. The zero-order valence-corrected chi connectivity index (χ0v) is 15.9. The van der Waals surface area contributed by atoms with Crippen LogP contribution >= 0.6 is 15.9 Å². The van der Waals surface area contributed by atoms with Gasteiger partial charge in [0.1, 0.15) is 0 Å². The van der Waals surface area contributed by atoms with Crippen LogP contribution < -0.4 is 10.0 Å². The second kappa shape index (κ2) is 7.92. The van der Waals surface area contributed by atoms with Crippen LogP contribution in [0.25, 0.3) is 0 Å². The van der Waals surface area contributed by atoms with E-state index >= 15 is 0 Å². The molecule has 5 nitrogen and oxygen atoms in total. The number of hydrogen-bond acceptors (Lipinski definition) is 3. The van der Waals surface area contributed by atoms with E-state index in [4.69, 9.17) is 0 Å². The number of amides is 1. The van der Waals surface area contributed by atoms with Gasteiger partial charge in [0.15, 0.2) is 0 Å². The standard InChI is InChI=1S/C17H19BrN2O3S/c1-12-3-8-16(11-13(12)2)24(22,23)20-10-9-19-17(21)14-4-6-15(18)7-5-14/h3-8,11,20H,9-10H2,1-2H3,(H,19,21). The number of halogens is 1. The molecule has 0 heterocycles. The largest absolute Gasteiger partial charge is 0.351 e. The molecule has 2 N–H and O–H groups in total. The Hall–Kier alpha value is -1.70. The van der Waals surface area contributed by atoms with Crippen molar-refractivity contribution >= 4 is 31.9 Å². The molecule has 2 rings (SSSR count). The van der Waals surface area contributed by atoms with Gasteiger partial charge in [0, 0.05) is 23.1 Å². The zero-order chi connectivity index (χ0) is 17.7. The lowest BCUT2D eigenvalue weighted by Gasteiger charge is -2.09. The summed E-state index contributed by atoms with van der Waals surface area (Å²) in [7, 11) is -3.58. The Morgan fingerprint density at radius 2 is 1.67 bits per heavy atom. The van der Waals surface area contributed by atoms with Gasteiger partial charge in [-0.25, -0.2) is 13.1 Å². The van der Waals surface area contributed by atoms with Gasteiger partial charge in [-0.2, -0.15) is 0 Å². The van der Waals surface area contributed by atoms with Gasteiger partial charge in [0.05, 0.1) is 4.90 Å². The molecule has 2 aromatic rings. The molecule has 0 saturated heterocycles. The Morgan fingerprint density at radius 1 is 1.00 bits per heavy atom. The number of carbonyl (C=O) groups is 1. The number of benzene rings is 2. The number of sulfonamides is 1. The monoisotopic (exact) mass is 410 g/mol. The third kappa shape index (κ3) is 4.90. The van der Waals surface area contributed by atoms with Crippen molar-refractivity contribution in [3.63, 3.8) is 0 Å². The lowest BCUT2D eigenvalue weighted by Crippen LogP contribution is -2.34. The molecule has 0 aliphatic rings. The van der Waals surface area contributed by atoms with Crippen LogP contribution in [0, 0.1) is 13.8 Å². The summed E-state index contributed by atoms with van der Waals surface area (Å²) in [6.45, 7) is 4.13. The van der Waals surface area contributed by atoms with Gasteiger partial charge in [-0.3, -0.25) is 4.79 Å². The molecule has 0 unspecified atom stereocenters. The summed E-state index contributed by atoms with van der Waals surface area (Å²) < 4.78 is 27.8. The zero-order valence-electron chi connectivity index (χ0n) is 13.5. The molecule has 0 spiro atoms. The van der Waals surface area contributed by atoms with Crippen molar-refractivity contribution in [3.05, 3.63) is 63.6 Å². The molecule has 24 heavy (non-hydrogen) atoms. The third-order valence-corrected chi connectivity index (χ3v) is 5.59. The van der Waals surface area contributed by atoms with Crippen molar-refractivity contribution in [2.45, 2.75) is 18.7 Å². The average Bonchev–Trinajstić information content (AvgIpc) is 2.54. The fraction of sp³-hybridized carbons (Fsp3) is 0.235. The third-order valence-electron chi connectivity index (χ3n) is 3.60. The molecule has 0 fully saturated rings. The van der Waals surface area contributed by atoms with Crippen molar-refractivity contribution < 1.29 is 13.2 Å². The van der Waals surface area contributed by atoms with E-state index in [9.17, 15) is 13.2 Å². The van der Waals surface area contributed by atoms with Crippen LogP contribution in [0.4, 0.5) is 0 Å². The molecular weight excluding hydrogens is 392 g/mol. The first kappa shape index (κ1) is 18.6. The topological polar surface area (TPSA) is 75.3 Å². The highest BCUT2D eigenvalue weighted by molar-refractivity contribution is 9.10. The van der Waals surface area contributed by atoms with Crippen molar-refractivity contribution in [2.75, 3.05) is 13.1 Å². The molecule has 7 heteroatoms. The maximum atomic E-state index is 12.2. The van der Waals surface area contributed by atoms with Crippen LogP contribution in [0.5, 0.6) is 0 Å². The van der Waals surface area contributed by atoms with Crippen molar-refractivity contribution in [2.24, 2.45) is 0 Å². The second-order valence-electron chi connectivity index (χ2n) is 5.41. The second-order valence-corrected chi connectivity index (χ2v) is 8.09. The Balaban J connectivity index is 1.87. The Morgan fingerprint density at radius 3 is 2.29 bits per heavy atom. The number of hydrogen-bond donors (Lipinski definition) is 2. The van der Waals surface area contributed by atoms with Crippen LogP contribution in [0.3, 0.4) is 0 Å². The first-order valence-corrected chi connectivity index (χ1v) is 9.68. The van der Waals surface area contributed by atoms with E-state index in [1.54, 1.807) is 42.5 Å². The van der Waals surface area contributed by atoms with Gasteiger partial charge in [-0.1, -0.05) is 22.0 Å². The first-order valence-electron chi connectivity index (χ1n) is 7.40. The predicted molar refractivity (Wildman–Crippen MR) is 97.6 cm³/mol. The average molecular weight is 411 g/mol. The number of carbonyl (C=O) groups excluding carboxylic acids is 1. The van der Waals surface area contributed by atoms with Crippen molar-refractivity contribution in [3.8, 4) is 0 Å². The minimum atomic E-state index is -3.58. The molecule has 0 aliphatic heterocycles. The number of nitrogens with one attached hydrogen (secondary N) is 2. The number of rotatable bonds is 6. The maximum Gasteiger partial charge on any atom is 0.251 e. The predicted octanol–water partition coefficient (Wildman–Crippen LogP) is 2.77. The highest BCUT2D eigenvalue weighted by atomic mass is 79.9. The molecule has 0 aliphatic carbocycles. The van der Waals surface area contributed by atoms with Gasteiger partial charge in [0.25, 0.3) is 5.91 Å². The molecule has 0 aromatic heterocycles. The summed E-state index contributed by atoms with van der Waals surface area (Å²) in [5.41, 5.74) is 2.48. The van der Waals surface area contributed by atoms with Crippen LogP contribution in [-0.4, -0.2) is 27.4 Å². The fourth-order valence-electron chi connectivity index (χ4n) is 2.03. The van der Waals surface area contributed by atoms with E-state index in [0.717, 1.165) is 15.6 Å². The normalized spacial score (nSPS) is 11.3. The van der Waals surface area contributed by atoms with E-state index in [1.165, 1.54) is 0 Å². The van der Waals surface area contributed by atoms with Crippen LogP contribution in [0.1, 0.15) is 21.5 Å². The molecule has 2 aromatic carbocycles. The van der Waals surface area contributed by atoms with Crippen molar-refractivity contribution in [1.29, 1.82) is 0 Å². The Kier molecular flexibility index (Phi) is 6.15. The lowest BCUT2D eigenvalue weighted by molar-refractivity contribution is 0.0954. The molecule has 0 saturated carbocycles. The van der Waals surface area contributed by atoms with E-state index in [2.05, 4.69) is 26.0 Å². The fourth-order valence-corrected chi connectivity index (χ4v) is 3.41. The van der Waals surface area contributed by atoms with E-state index in [1.807, 2.05) is 13.8 Å². The number of aryl methyl sites for hydroxylation is 2. The van der Waals surface area contributed by atoms with Crippen LogP contribution in [0.15, 0.2) is 51.8 Å². The van der Waals surface area contributed by atoms with E-state index in [-0.39, 0.29) is 23.9 Å². The van der Waals surface area contributed by atoms with Crippen molar-refractivity contribution in [1.82, 2.24) is 10.0 Å². The van der Waals surface area contributed by atoms with Gasteiger partial charge < -0.3 is 5.32 Å². The maximum absolute atomic E-state index is 12.2. The molecule has 0 radical (unpaired) electrons. The molecule has 128 valence electrons. The van der Waals surface area contributed by atoms with Gasteiger partial charge in [-0.05, 0) is 61.4 Å². The SMILES string of the molecule is Cc1ccc(S(=O)(=O)NCCNC(=O)c2ccc(Br)cc2)cc1C. The molecular formula is C17H19BrN2O3S. The summed E-state index contributed by atoms with van der Waals surface area (Å²) >= 11 is 3.30. The minimum Gasteiger partial charge on any atom is -0.351 e. The van der Waals surface area contributed by atoms with E-state index in [0.29, 0.717) is 5.56 Å². The summed E-state index contributed by atoms with van der Waals surface area (Å²) in [6, 6.07) is 11.9. The Bertz CT molecular complexity index is 833. The van der Waals surface area contributed by atoms with Gasteiger partial charge >= 0.3 is 0 Å². The molecule has 0 bridgehead atoms. The smallest absolute Gasteiger partial charge is 0.251 e. The first-order chi connectivity index (χ1) is 11.3. The highest BCUT2D eigenvalue weighted by Crippen LogP contribution is 2.14. The Labute approximate surface area is 150 Å². The lowest BCUT2D eigenvalue weighted by atomic mass is 10.1. The quantitative estimate of drug-likeness (QED) is 0.718. The summed E-state index contributed by atoms with van der Waals surface area (Å²) in [5.74, 6) is -0.243. The summed E-state index contributed by atoms with van der Waals surface area (Å²) in [4.78, 5) is 12.2. The van der Waals surface area contributed by atoms with Crippen LogP contribution in [-0.2, 0) is 10.0 Å². The van der Waals surface area contributed by atoms with Gasteiger partial charge in [0.2, 0.25) is 10.0 Å². The van der Waals surface area contributed by atoms with E-state index < -0.39 is 10.0 Å².